The van der Waals surface area contributed by atoms with Crippen LogP contribution in [0.2, 0.25) is 0 Å². The van der Waals surface area contributed by atoms with E-state index in [1.54, 1.807) is 13.2 Å². The number of furan rings is 1. The Kier molecular flexibility index (Phi) is 7.12. The summed E-state index contributed by atoms with van der Waals surface area (Å²) in [5, 5.41) is 2.76. The van der Waals surface area contributed by atoms with E-state index in [-0.39, 0.29) is 11.8 Å². The Bertz CT molecular complexity index is 747. The Labute approximate surface area is 165 Å². The molecule has 6 nitrogen and oxygen atoms in total. The summed E-state index contributed by atoms with van der Waals surface area (Å²) in [4.78, 5) is 26.1. The van der Waals surface area contributed by atoms with Crippen LogP contribution in [0.1, 0.15) is 41.6 Å². The summed E-state index contributed by atoms with van der Waals surface area (Å²) < 4.78 is 10.1. The van der Waals surface area contributed by atoms with Crippen LogP contribution in [0.4, 0.5) is 0 Å². The van der Waals surface area contributed by atoms with Gasteiger partial charge < -0.3 is 19.4 Å². The Morgan fingerprint density at radius 2 is 1.93 bits per heavy atom. The number of carbonyl (C=O) groups excluding carboxylic acids is 2. The molecule has 1 aliphatic heterocycles. The van der Waals surface area contributed by atoms with E-state index in [4.69, 9.17) is 9.15 Å². The SMILES string of the molecule is COc1ccc(CCC2CCN(C(=O)CCNC(=O)c3ccoc3)CC2)cc1. The fraction of sp³-hybridized carbons (Fsp3) is 0.455. The molecule has 2 amide bonds. The molecule has 6 heteroatoms. The van der Waals surface area contributed by atoms with Gasteiger partial charge in [0.05, 0.1) is 18.9 Å². The van der Waals surface area contributed by atoms with Crippen molar-refractivity contribution in [2.45, 2.75) is 32.1 Å². The normalized spacial score (nSPS) is 14.7. The first-order valence-electron chi connectivity index (χ1n) is 9.87. The van der Waals surface area contributed by atoms with Gasteiger partial charge in [-0.2, -0.15) is 0 Å². The molecule has 1 fully saturated rings. The number of rotatable bonds is 8. The number of nitrogens with zero attached hydrogens (tertiary/aromatic N) is 1. The van der Waals surface area contributed by atoms with Crippen molar-refractivity contribution in [3.63, 3.8) is 0 Å². The third-order valence-electron chi connectivity index (χ3n) is 5.38. The average molecular weight is 384 g/mol. The molecule has 150 valence electrons. The topological polar surface area (TPSA) is 71.8 Å². The molecular weight excluding hydrogens is 356 g/mol. The summed E-state index contributed by atoms with van der Waals surface area (Å²) in [6.07, 6.45) is 7.48. The van der Waals surface area contributed by atoms with E-state index in [9.17, 15) is 9.59 Å². The van der Waals surface area contributed by atoms with Crippen LogP contribution in [0.3, 0.4) is 0 Å². The molecule has 0 saturated carbocycles. The van der Waals surface area contributed by atoms with Crippen molar-refractivity contribution in [2.24, 2.45) is 5.92 Å². The number of aryl methyl sites for hydroxylation is 1. The van der Waals surface area contributed by atoms with Crippen LogP contribution in [0, 0.1) is 5.92 Å². The summed E-state index contributed by atoms with van der Waals surface area (Å²) >= 11 is 0. The number of hydrogen-bond acceptors (Lipinski definition) is 4. The highest BCUT2D eigenvalue weighted by atomic mass is 16.5. The zero-order valence-corrected chi connectivity index (χ0v) is 16.4. The van der Waals surface area contributed by atoms with Crippen molar-refractivity contribution in [1.29, 1.82) is 0 Å². The van der Waals surface area contributed by atoms with Crippen LogP contribution in [0.25, 0.3) is 0 Å². The van der Waals surface area contributed by atoms with E-state index in [0.717, 1.165) is 44.5 Å². The summed E-state index contributed by atoms with van der Waals surface area (Å²) in [5.41, 5.74) is 1.80. The lowest BCUT2D eigenvalue weighted by atomic mass is 9.90. The van der Waals surface area contributed by atoms with Gasteiger partial charge in [0.25, 0.3) is 5.91 Å². The first-order valence-corrected chi connectivity index (χ1v) is 9.87. The Hall–Kier alpha value is -2.76. The van der Waals surface area contributed by atoms with Gasteiger partial charge in [-0.25, -0.2) is 0 Å². The fourth-order valence-electron chi connectivity index (χ4n) is 3.57. The van der Waals surface area contributed by atoms with E-state index in [0.29, 0.717) is 24.4 Å². The van der Waals surface area contributed by atoms with Gasteiger partial charge in [-0.3, -0.25) is 9.59 Å². The van der Waals surface area contributed by atoms with Gasteiger partial charge in [0, 0.05) is 26.1 Å². The number of likely N-dealkylation sites (tertiary alicyclic amines) is 1. The van der Waals surface area contributed by atoms with E-state index in [1.165, 1.54) is 18.1 Å². The van der Waals surface area contributed by atoms with Crippen LogP contribution in [-0.2, 0) is 11.2 Å². The lowest BCUT2D eigenvalue weighted by Crippen LogP contribution is -2.40. The van der Waals surface area contributed by atoms with Gasteiger partial charge in [-0.1, -0.05) is 12.1 Å². The summed E-state index contributed by atoms with van der Waals surface area (Å²) in [7, 11) is 1.68. The monoisotopic (exact) mass is 384 g/mol. The quantitative estimate of drug-likeness (QED) is 0.758. The first kappa shape index (κ1) is 20.0. The van der Waals surface area contributed by atoms with Gasteiger partial charge >= 0.3 is 0 Å². The number of methoxy groups -OCH3 is 1. The number of carbonyl (C=O) groups is 2. The molecule has 0 unspecified atom stereocenters. The Balaban J connectivity index is 1.32. The van der Waals surface area contributed by atoms with Crippen LogP contribution in [0.15, 0.2) is 47.3 Å². The minimum absolute atomic E-state index is 0.112. The summed E-state index contributed by atoms with van der Waals surface area (Å²) in [6.45, 7) is 1.96. The summed E-state index contributed by atoms with van der Waals surface area (Å²) in [5.74, 6) is 1.45. The van der Waals surface area contributed by atoms with Gasteiger partial charge in [-0.05, 0) is 55.4 Å². The number of piperidine rings is 1. The lowest BCUT2D eigenvalue weighted by molar-refractivity contribution is -0.132. The highest BCUT2D eigenvalue weighted by Gasteiger charge is 2.22. The molecule has 1 aromatic heterocycles. The molecule has 0 aliphatic carbocycles. The number of nitrogens with one attached hydrogen (secondary N) is 1. The first-order chi connectivity index (χ1) is 13.7. The van der Waals surface area contributed by atoms with Gasteiger partial charge in [0.15, 0.2) is 0 Å². The predicted octanol–water partition coefficient (Wildman–Crippen LogP) is 3.28. The van der Waals surface area contributed by atoms with Crippen LogP contribution >= 0.6 is 0 Å². The third kappa shape index (κ3) is 5.62. The molecule has 2 heterocycles. The van der Waals surface area contributed by atoms with Crippen LogP contribution in [0.5, 0.6) is 5.75 Å². The minimum atomic E-state index is -0.209. The lowest BCUT2D eigenvalue weighted by Gasteiger charge is -2.32. The zero-order chi connectivity index (χ0) is 19.8. The zero-order valence-electron chi connectivity index (χ0n) is 16.4. The van der Waals surface area contributed by atoms with E-state index in [1.807, 2.05) is 17.0 Å². The average Bonchev–Trinajstić information content (AvgIpc) is 3.28. The van der Waals surface area contributed by atoms with E-state index in [2.05, 4.69) is 17.4 Å². The molecule has 0 bridgehead atoms. The second kappa shape index (κ2) is 9.97. The fourth-order valence-corrected chi connectivity index (χ4v) is 3.57. The minimum Gasteiger partial charge on any atom is -0.497 e. The standard InChI is InChI=1S/C22H28N2O4/c1-27-20-6-4-17(5-7-20)2-3-18-9-13-24(14-10-18)21(25)8-12-23-22(26)19-11-15-28-16-19/h4-7,11,15-16,18H,2-3,8-10,12-14H2,1H3,(H,23,26). The molecule has 1 aliphatic rings. The van der Waals surface area contributed by atoms with Crippen molar-refractivity contribution < 1.29 is 18.7 Å². The van der Waals surface area contributed by atoms with Crippen molar-refractivity contribution in [3.05, 3.63) is 54.0 Å². The van der Waals surface area contributed by atoms with E-state index >= 15 is 0 Å². The van der Waals surface area contributed by atoms with Crippen LogP contribution < -0.4 is 10.1 Å². The number of ether oxygens (including phenoxy) is 1. The van der Waals surface area contributed by atoms with Crippen molar-refractivity contribution in [2.75, 3.05) is 26.7 Å². The van der Waals surface area contributed by atoms with Gasteiger partial charge in [0.2, 0.25) is 5.91 Å². The third-order valence-corrected chi connectivity index (χ3v) is 5.38. The Morgan fingerprint density at radius 3 is 2.57 bits per heavy atom. The molecule has 3 rings (SSSR count). The molecular formula is C22H28N2O4. The molecule has 0 spiro atoms. The maximum Gasteiger partial charge on any atom is 0.254 e. The maximum atomic E-state index is 12.4. The molecule has 28 heavy (non-hydrogen) atoms. The molecule has 1 saturated heterocycles. The van der Waals surface area contributed by atoms with E-state index < -0.39 is 0 Å². The van der Waals surface area contributed by atoms with Crippen molar-refractivity contribution in [3.8, 4) is 5.75 Å². The largest absolute Gasteiger partial charge is 0.497 e. The molecule has 1 aromatic carbocycles. The number of amides is 2. The van der Waals surface area contributed by atoms with Gasteiger partial charge in [-0.15, -0.1) is 0 Å². The number of hydrogen-bond donors (Lipinski definition) is 1. The van der Waals surface area contributed by atoms with Gasteiger partial charge in [0.1, 0.15) is 12.0 Å². The smallest absolute Gasteiger partial charge is 0.254 e. The highest BCUT2D eigenvalue weighted by Crippen LogP contribution is 2.23. The molecule has 0 radical (unpaired) electrons. The van der Waals surface area contributed by atoms with Crippen molar-refractivity contribution in [1.82, 2.24) is 10.2 Å². The number of benzene rings is 1. The molecule has 2 aromatic rings. The molecule has 1 N–H and O–H groups in total. The second-order valence-corrected chi connectivity index (χ2v) is 7.23. The Morgan fingerprint density at radius 1 is 1.18 bits per heavy atom. The van der Waals surface area contributed by atoms with Crippen LogP contribution in [-0.4, -0.2) is 43.5 Å². The molecule has 0 atom stereocenters. The maximum absolute atomic E-state index is 12.4. The highest BCUT2D eigenvalue weighted by molar-refractivity contribution is 5.94. The predicted molar refractivity (Wildman–Crippen MR) is 106 cm³/mol. The summed E-state index contributed by atoms with van der Waals surface area (Å²) in [6, 6.07) is 9.85. The van der Waals surface area contributed by atoms with Crippen molar-refractivity contribution >= 4 is 11.8 Å². The second-order valence-electron chi connectivity index (χ2n) is 7.23.